The Bertz CT molecular complexity index is 424. The van der Waals surface area contributed by atoms with E-state index >= 15 is 0 Å². The first-order chi connectivity index (χ1) is 7.16. The molecule has 0 atom stereocenters. The van der Waals surface area contributed by atoms with Crippen molar-refractivity contribution in [3.8, 4) is 0 Å². The van der Waals surface area contributed by atoms with Crippen molar-refractivity contribution in [2.75, 3.05) is 24.5 Å². The number of hydrogen-bond acceptors (Lipinski definition) is 6. The van der Waals surface area contributed by atoms with Gasteiger partial charge in [-0.3, -0.25) is 4.79 Å². The highest BCUT2D eigenvalue weighted by atomic mass is 32.3. The van der Waals surface area contributed by atoms with Crippen molar-refractivity contribution in [3.05, 3.63) is 0 Å². The third-order valence-electron chi connectivity index (χ3n) is 1.33. The molecule has 0 radical (unpaired) electrons. The number of sulfone groups is 1. The van der Waals surface area contributed by atoms with Crippen LogP contribution in [0.25, 0.3) is 0 Å². The van der Waals surface area contributed by atoms with Gasteiger partial charge in [0.05, 0.1) is 13.0 Å². The summed E-state index contributed by atoms with van der Waals surface area (Å²) in [6.45, 7) is 1.68. The fraction of sp³-hybridized carbons (Fsp3) is 0.857. The van der Waals surface area contributed by atoms with Crippen LogP contribution in [0.5, 0.6) is 0 Å². The Morgan fingerprint density at radius 3 is 2.25 bits per heavy atom. The minimum absolute atomic E-state index is 0.128. The summed E-state index contributed by atoms with van der Waals surface area (Å²) in [7, 11) is -7.50. The third-order valence-corrected chi connectivity index (χ3v) is 4.92. The average molecular weight is 273 g/mol. The molecule has 0 amide bonds. The molecule has 1 N–H and O–H groups in total. The number of carbonyl (C=O) groups is 1. The van der Waals surface area contributed by atoms with Gasteiger partial charge < -0.3 is 4.74 Å². The average Bonchev–Trinajstić information content (AvgIpc) is 1.98. The maximum atomic E-state index is 11.1. The van der Waals surface area contributed by atoms with Crippen LogP contribution in [0.3, 0.4) is 0 Å². The Kier molecular flexibility index (Phi) is 5.90. The number of sulfonamides is 1. The van der Waals surface area contributed by atoms with Gasteiger partial charge in [-0.2, -0.15) is 0 Å². The van der Waals surface area contributed by atoms with E-state index < -0.39 is 30.9 Å². The van der Waals surface area contributed by atoms with Gasteiger partial charge in [-0.25, -0.2) is 21.6 Å². The second-order valence-corrected chi connectivity index (χ2v) is 7.42. The molecule has 0 aromatic carbocycles. The highest BCUT2D eigenvalue weighted by Gasteiger charge is 2.17. The van der Waals surface area contributed by atoms with Crippen molar-refractivity contribution in [1.29, 1.82) is 0 Å². The summed E-state index contributed by atoms with van der Waals surface area (Å²) in [6.07, 6.45) is 0.689. The Morgan fingerprint density at radius 2 is 1.81 bits per heavy atom. The lowest BCUT2D eigenvalue weighted by atomic mass is 10.4. The SMILES string of the molecule is CCOC(=O)CCNS(=O)(=O)CS(C)(=O)=O. The van der Waals surface area contributed by atoms with Gasteiger partial charge >= 0.3 is 5.97 Å². The van der Waals surface area contributed by atoms with Crippen molar-refractivity contribution in [2.24, 2.45) is 0 Å². The molecule has 0 saturated heterocycles. The standard InChI is InChI=1S/C7H15NO6S2/c1-3-14-7(9)4-5-8-16(12,13)6-15(2,10)11/h8H,3-6H2,1-2H3. The van der Waals surface area contributed by atoms with Crippen LogP contribution in [0.15, 0.2) is 0 Å². The van der Waals surface area contributed by atoms with Crippen LogP contribution in [0, 0.1) is 0 Å². The first-order valence-corrected chi connectivity index (χ1v) is 8.18. The van der Waals surface area contributed by atoms with Crippen LogP contribution in [0.1, 0.15) is 13.3 Å². The molecular formula is C7H15NO6S2. The summed E-state index contributed by atoms with van der Waals surface area (Å²) in [5.74, 6) is -0.537. The molecule has 9 heteroatoms. The van der Waals surface area contributed by atoms with E-state index in [1.54, 1.807) is 6.92 Å². The smallest absolute Gasteiger partial charge is 0.307 e. The molecule has 0 aliphatic heterocycles. The molecule has 7 nitrogen and oxygen atoms in total. The second-order valence-electron chi connectivity index (χ2n) is 3.11. The summed E-state index contributed by atoms with van der Waals surface area (Å²) in [5.41, 5.74) is 0. The molecule has 0 saturated carbocycles. The summed E-state index contributed by atoms with van der Waals surface area (Å²) in [6, 6.07) is 0. The van der Waals surface area contributed by atoms with Gasteiger partial charge in [0.2, 0.25) is 10.0 Å². The molecule has 0 spiro atoms. The molecule has 0 bridgehead atoms. The molecule has 0 fully saturated rings. The van der Waals surface area contributed by atoms with Gasteiger partial charge in [0.1, 0.15) is 0 Å². The van der Waals surface area contributed by atoms with Crippen molar-refractivity contribution >= 4 is 25.8 Å². The van der Waals surface area contributed by atoms with E-state index in [9.17, 15) is 21.6 Å². The molecule has 0 aliphatic rings. The maximum Gasteiger partial charge on any atom is 0.307 e. The molecule has 0 unspecified atom stereocenters. The Hall–Kier alpha value is -0.670. The van der Waals surface area contributed by atoms with E-state index in [4.69, 9.17) is 0 Å². The molecular weight excluding hydrogens is 258 g/mol. The van der Waals surface area contributed by atoms with Gasteiger partial charge in [-0.05, 0) is 6.92 Å². The monoisotopic (exact) mass is 273 g/mol. The zero-order valence-corrected chi connectivity index (χ0v) is 10.7. The minimum atomic E-state index is -3.90. The van der Waals surface area contributed by atoms with E-state index in [0.29, 0.717) is 0 Å². The zero-order valence-electron chi connectivity index (χ0n) is 9.09. The van der Waals surface area contributed by atoms with Crippen LogP contribution in [0.2, 0.25) is 0 Å². The molecule has 0 rings (SSSR count). The molecule has 16 heavy (non-hydrogen) atoms. The maximum absolute atomic E-state index is 11.1. The van der Waals surface area contributed by atoms with Gasteiger partial charge in [0, 0.05) is 12.8 Å². The van der Waals surface area contributed by atoms with Crippen molar-refractivity contribution < 1.29 is 26.4 Å². The lowest BCUT2D eigenvalue weighted by molar-refractivity contribution is -0.142. The predicted molar refractivity (Wildman–Crippen MR) is 57.9 cm³/mol. The highest BCUT2D eigenvalue weighted by molar-refractivity contribution is 8.06. The number of carbonyl (C=O) groups excluding carboxylic acids is 1. The molecule has 0 heterocycles. The summed E-state index contributed by atoms with van der Waals surface area (Å²) >= 11 is 0. The van der Waals surface area contributed by atoms with E-state index in [1.807, 2.05) is 4.72 Å². The predicted octanol–water partition coefficient (Wildman–Crippen LogP) is -1.14. The molecule has 96 valence electrons. The van der Waals surface area contributed by atoms with Gasteiger partial charge in [0.15, 0.2) is 14.9 Å². The number of rotatable bonds is 7. The van der Waals surface area contributed by atoms with E-state index in [1.165, 1.54) is 0 Å². The van der Waals surface area contributed by atoms with Gasteiger partial charge in [-0.15, -0.1) is 0 Å². The quantitative estimate of drug-likeness (QED) is 0.588. The fourth-order valence-corrected chi connectivity index (χ4v) is 3.87. The van der Waals surface area contributed by atoms with Crippen LogP contribution in [0.4, 0.5) is 0 Å². The first kappa shape index (κ1) is 15.3. The van der Waals surface area contributed by atoms with Crippen molar-refractivity contribution in [1.82, 2.24) is 4.72 Å². The number of nitrogens with one attached hydrogen (secondary N) is 1. The highest BCUT2D eigenvalue weighted by Crippen LogP contribution is 1.93. The van der Waals surface area contributed by atoms with Crippen molar-refractivity contribution in [2.45, 2.75) is 13.3 Å². The summed E-state index contributed by atoms with van der Waals surface area (Å²) in [5, 5.41) is -0.983. The van der Waals surface area contributed by atoms with E-state index in [2.05, 4.69) is 4.74 Å². The van der Waals surface area contributed by atoms with Crippen LogP contribution < -0.4 is 4.72 Å². The number of esters is 1. The first-order valence-electron chi connectivity index (χ1n) is 4.47. The largest absolute Gasteiger partial charge is 0.466 e. The van der Waals surface area contributed by atoms with Gasteiger partial charge in [0.25, 0.3) is 0 Å². The van der Waals surface area contributed by atoms with Gasteiger partial charge in [-0.1, -0.05) is 0 Å². The Balaban J connectivity index is 4.07. The number of ether oxygens (including phenoxy) is 1. The van der Waals surface area contributed by atoms with Crippen LogP contribution in [-0.4, -0.2) is 47.3 Å². The third kappa shape index (κ3) is 8.62. The van der Waals surface area contributed by atoms with Crippen LogP contribution >= 0.6 is 0 Å². The molecule has 0 aromatic rings. The normalized spacial score (nSPS) is 12.4. The second kappa shape index (κ2) is 6.16. The zero-order chi connectivity index (χ0) is 12.8. The molecule has 0 aliphatic carbocycles. The van der Waals surface area contributed by atoms with Crippen molar-refractivity contribution in [3.63, 3.8) is 0 Å². The van der Waals surface area contributed by atoms with E-state index in [-0.39, 0.29) is 19.6 Å². The summed E-state index contributed by atoms with van der Waals surface area (Å²) in [4.78, 5) is 10.8. The van der Waals surface area contributed by atoms with Crippen LogP contribution in [-0.2, 0) is 29.4 Å². The lowest BCUT2D eigenvalue weighted by Gasteiger charge is -2.05. The fourth-order valence-electron chi connectivity index (χ4n) is 0.865. The number of hydrogen-bond donors (Lipinski definition) is 1. The Morgan fingerprint density at radius 1 is 1.25 bits per heavy atom. The minimum Gasteiger partial charge on any atom is -0.466 e. The summed E-state index contributed by atoms with van der Waals surface area (Å²) < 4.78 is 50.3. The lowest BCUT2D eigenvalue weighted by Crippen LogP contribution is -2.31. The Labute approximate surface area is 95.1 Å². The topological polar surface area (TPSA) is 107 Å². The molecule has 0 aromatic heterocycles. The van der Waals surface area contributed by atoms with E-state index in [0.717, 1.165) is 6.26 Å².